The number of carbonyl (C=O) groups is 1. The first-order valence-electron chi connectivity index (χ1n) is 5.39. The summed E-state index contributed by atoms with van der Waals surface area (Å²) in [5, 5.41) is 3.88. The fourth-order valence-corrected chi connectivity index (χ4v) is 1.98. The lowest BCUT2D eigenvalue weighted by atomic mass is 10.1. The standard InChI is InChI=1S/C12H11BrN2O3/c1-3-17-12(16)9-7(2)18-15-11(9)10-8(13)5-4-6-14-10/h4-6H,3H2,1-2H3. The minimum absolute atomic E-state index is 0.298. The van der Waals surface area contributed by atoms with Crippen LogP contribution in [-0.4, -0.2) is 22.7 Å². The van der Waals surface area contributed by atoms with E-state index in [1.807, 2.05) is 6.07 Å². The molecule has 0 spiro atoms. The molecular formula is C12H11BrN2O3. The summed E-state index contributed by atoms with van der Waals surface area (Å²) in [4.78, 5) is 16.1. The van der Waals surface area contributed by atoms with Gasteiger partial charge >= 0.3 is 5.97 Å². The summed E-state index contributed by atoms with van der Waals surface area (Å²) in [7, 11) is 0. The van der Waals surface area contributed by atoms with E-state index in [0.29, 0.717) is 29.3 Å². The maximum Gasteiger partial charge on any atom is 0.344 e. The highest BCUT2D eigenvalue weighted by atomic mass is 79.9. The number of pyridine rings is 1. The summed E-state index contributed by atoms with van der Waals surface area (Å²) in [5.74, 6) is -0.0372. The lowest BCUT2D eigenvalue weighted by molar-refractivity contribution is 0.0525. The van der Waals surface area contributed by atoms with Crippen LogP contribution in [0.1, 0.15) is 23.0 Å². The van der Waals surface area contributed by atoms with Crippen molar-refractivity contribution in [1.82, 2.24) is 10.1 Å². The van der Waals surface area contributed by atoms with Crippen molar-refractivity contribution in [1.29, 1.82) is 0 Å². The van der Waals surface area contributed by atoms with Crippen molar-refractivity contribution in [2.24, 2.45) is 0 Å². The Labute approximate surface area is 112 Å². The van der Waals surface area contributed by atoms with E-state index >= 15 is 0 Å². The number of esters is 1. The Morgan fingerprint density at radius 2 is 2.28 bits per heavy atom. The average molecular weight is 311 g/mol. The molecule has 2 aromatic rings. The molecule has 0 radical (unpaired) electrons. The van der Waals surface area contributed by atoms with Gasteiger partial charge in [-0.15, -0.1) is 0 Å². The maximum atomic E-state index is 11.9. The van der Waals surface area contributed by atoms with Crippen molar-refractivity contribution in [3.63, 3.8) is 0 Å². The van der Waals surface area contributed by atoms with Gasteiger partial charge in [0.2, 0.25) is 0 Å². The highest BCUT2D eigenvalue weighted by molar-refractivity contribution is 9.10. The molecule has 18 heavy (non-hydrogen) atoms. The van der Waals surface area contributed by atoms with Crippen LogP contribution in [0.5, 0.6) is 0 Å². The van der Waals surface area contributed by atoms with Gasteiger partial charge in [-0.05, 0) is 41.9 Å². The van der Waals surface area contributed by atoms with E-state index in [1.54, 1.807) is 26.1 Å². The number of hydrogen-bond donors (Lipinski definition) is 0. The Morgan fingerprint density at radius 3 is 2.94 bits per heavy atom. The first kappa shape index (κ1) is 12.8. The zero-order valence-electron chi connectivity index (χ0n) is 9.94. The van der Waals surface area contributed by atoms with Crippen LogP contribution in [0, 0.1) is 6.92 Å². The molecule has 0 fully saturated rings. The molecule has 0 aliphatic carbocycles. The molecule has 0 amide bonds. The zero-order valence-corrected chi connectivity index (χ0v) is 11.5. The number of rotatable bonds is 3. The van der Waals surface area contributed by atoms with E-state index in [0.717, 1.165) is 4.47 Å². The van der Waals surface area contributed by atoms with Gasteiger partial charge in [0.25, 0.3) is 0 Å². The fourth-order valence-electron chi connectivity index (χ4n) is 1.54. The highest BCUT2D eigenvalue weighted by Crippen LogP contribution is 2.29. The van der Waals surface area contributed by atoms with Gasteiger partial charge in [-0.1, -0.05) is 5.16 Å². The van der Waals surface area contributed by atoms with Gasteiger partial charge in [0.1, 0.15) is 22.7 Å². The lowest BCUT2D eigenvalue weighted by Gasteiger charge is -2.03. The number of carbonyl (C=O) groups excluding carboxylic acids is 1. The summed E-state index contributed by atoms with van der Waals surface area (Å²) in [5.41, 5.74) is 1.26. The van der Waals surface area contributed by atoms with Gasteiger partial charge in [-0.2, -0.15) is 0 Å². The van der Waals surface area contributed by atoms with Crippen molar-refractivity contribution in [3.05, 3.63) is 34.1 Å². The smallest absolute Gasteiger partial charge is 0.344 e. The molecule has 5 nitrogen and oxygen atoms in total. The van der Waals surface area contributed by atoms with Crippen LogP contribution in [0.25, 0.3) is 11.4 Å². The molecule has 0 atom stereocenters. The Balaban J connectivity index is 2.53. The van der Waals surface area contributed by atoms with E-state index in [4.69, 9.17) is 9.26 Å². The van der Waals surface area contributed by atoms with Gasteiger partial charge in [-0.25, -0.2) is 4.79 Å². The number of ether oxygens (including phenoxy) is 1. The molecule has 0 unspecified atom stereocenters. The van der Waals surface area contributed by atoms with Gasteiger partial charge < -0.3 is 9.26 Å². The Bertz CT molecular complexity index is 580. The second-order valence-corrected chi connectivity index (χ2v) is 4.37. The third-order valence-electron chi connectivity index (χ3n) is 2.33. The molecular weight excluding hydrogens is 300 g/mol. The third kappa shape index (κ3) is 2.28. The first-order valence-corrected chi connectivity index (χ1v) is 6.18. The van der Waals surface area contributed by atoms with Crippen molar-refractivity contribution < 1.29 is 14.1 Å². The van der Waals surface area contributed by atoms with Crippen molar-refractivity contribution >= 4 is 21.9 Å². The SMILES string of the molecule is CCOC(=O)c1c(-c2ncccc2Br)noc1C. The van der Waals surface area contributed by atoms with Crippen LogP contribution < -0.4 is 0 Å². The number of hydrogen-bond acceptors (Lipinski definition) is 5. The van der Waals surface area contributed by atoms with Crippen LogP contribution in [0.4, 0.5) is 0 Å². The second-order valence-electron chi connectivity index (χ2n) is 3.52. The van der Waals surface area contributed by atoms with Gasteiger partial charge in [0.15, 0.2) is 0 Å². The minimum atomic E-state index is -0.455. The van der Waals surface area contributed by atoms with Gasteiger partial charge in [0, 0.05) is 10.7 Å². The van der Waals surface area contributed by atoms with Crippen molar-refractivity contribution in [2.75, 3.05) is 6.61 Å². The quantitative estimate of drug-likeness (QED) is 0.815. The minimum Gasteiger partial charge on any atom is -0.462 e. The molecule has 2 rings (SSSR count). The summed E-state index contributed by atoms with van der Waals surface area (Å²) < 4.78 is 10.8. The molecule has 94 valence electrons. The zero-order chi connectivity index (χ0) is 13.1. The average Bonchev–Trinajstić information content (AvgIpc) is 2.72. The second kappa shape index (κ2) is 5.30. The van der Waals surface area contributed by atoms with Gasteiger partial charge in [0.05, 0.1) is 6.61 Å². The van der Waals surface area contributed by atoms with Crippen LogP contribution in [-0.2, 0) is 4.74 Å². The monoisotopic (exact) mass is 310 g/mol. The largest absolute Gasteiger partial charge is 0.462 e. The van der Waals surface area contributed by atoms with Gasteiger partial charge in [-0.3, -0.25) is 4.98 Å². The Hall–Kier alpha value is -1.69. The van der Waals surface area contributed by atoms with Crippen LogP contribution in [0.2, 0.25) is 0 Å². The highest BCUT2D eigenvalue weighted by Gasteiger charge is 2.24. The summed E-state index contributed by atoms with van der Waals surface area (Å²) in [6, 6.07) is 3.60. The van der Waals surface area contributed by atoms with Crippen LogP contribution in [0.3, 0.4) is 0 Å². The predicted octanol–water partition coefficient (Wildman–Crippen LogP) is 2.98. The Morgan fingerprint density at radius 1 is 1.50 bits per heavy atom. The van der Waals surface area contributed by atoms with E-state index in [2.05, 4.69) is 26.1 Å². The van der Waals surface area contributed by atoms with Crippen molar-refractivity contribution in [2.45, 2.75) is 13.8 Å². The number of aryl methyl sites for hydroxylation is 1. The molecule has 0 saturated heterocycles. The molecule has 0 aliphatic heterocycles. The topological polar surface area (TPSA) is 65.2 Å². The number of aromatic nitrogens is 2. The molecule has 2 heterocycles. The molecule has 2 aromatic heterocycles. The molecule has 0 bridgehead atoms. The van der Waals surface area contributed by atoms with E-state index in [9.17, 15) is 4.79 Å². The number of halogens is 1. The fraction of sp³-hybridized carbons (Fsp3) is 0.250. The Kier molecular flexibility index (Phi) is 3.76. The molecule has 0 N–H and O–H groups in total. The molecule has 0 aliphatic rings. The van der Waals surface area contributed by atoms with Crippen molar-refractivity contribution in [3.8, 4) is 11.4 Å². The molecule has 0 aromatic carbocycles. The predicted molar refractivity (Wildman–Crippen MR) is 68.1 cm³/mol. The van der Waals surface area contributed by atoms with E-state index in [1.165, 1.54) is 0 Å². The van der Waals surface area contributed by atoms with Crippen LogP contribution >= 0.6 is 15.9 Å². The summed E-state index contributed by atoms with van der Waals surface area (Å²) >= 11 is 3.37. The van der Waals surface area contributed by atoms with E-state index in [-0.39, 0.29) is 0 Å². The summed E-state index contributed by atoms with van der Waals surface area (Å²) in [6.07, 6.45) is 1.62. The molecule has 6 heteroatoms. The lowest BCUT2D eigenvalue weighted by Crippen LogP contribution is -2.07. The van der Waals surface area contributed by atoms with Crippen LogP contribution in [0.15, 0.2) is 27.3 Å². The third-order valence-corrected chi connectivity index (χ3v) is 2.96. The first-order chi connectivity index (χ1) is 8.65. The summed E-state index contributed by atoms with van der Waals surface area (Å²) in [6.45, 7) is 3.71. The normalized spacial score (nSPS) is 10.4. The number of nitrogens with zero attached hydrogens (tertiary/aromatic N) is 2. The van der Waals surface area contributed by atoms with E-state index < -0.39 is 5.97 Å². The maximum absolute atomic E-state index is 11.9. The molecule has 0 saturated carbocycles.